The number of hydrogen-bond acceptors (Lipinski definition) is 2. The standard InChI is InChI=1S/C56H50N2/c57-17-58-56-26-7-3-1-5-18(26)30(19-6-2-4-8-27(19)56)41-47-39-28-15-13-24-22-11-9-20-21-10-12-23-25-14-16-29-38-36(25)44-34(23)32(21)42-31(20)33(22)43-35(24)37(28)45-49(39)50(40(29)48(41)47)46(38)55-53(44)51(42)52(43)54(45)55/h1-9,11,13,15,20-25,28-38,40-42,44-48,50-51,53-55H,10,12,14,16H2. The summed E-state index contributed by atoms with van der Waals surface area (Å²) in [5, 5.41) is 10.0. The molecule has 20 rings (SSSR count). The Labute approximate surface area is 341 Å². The molecule has 2 aromatic carbocycles. The maximum atomic E-state index is 10.0. The number of nitrogens with zero attached hydrogens (tertiary/aromatic N) is 2. The monoisotopic (exact) mass is 750 g/mol. The lowest BCUT2D eigenvalue weighted by Gasteiger charge is -2.60. The first-order chi connectivity index (χ1) is 28.8. The van der Waals surface area contributed by atoms with Crippen LogP contribution in [0.25, 0.3) is 0 Å². The van der Waals surface area contributed by atoms with Crippen LogP contribution >= 0.6 is 0 Å². The second kappa shape index (κ2) is 8.55. The summed E-state index contributed by atoms with van der Waals surface area (Å²) < 4.78 is 0. The van der Waals surface area contributed by atoms with Crippen LogP contribution in [0.15, 0.2) is 100 Å². The molecular formula is C56H50N2. The highest BCUT2D eigenvalue weighted by atomic mass is 14.9. The summed E-state index contributed by atoms with van der Waals surface area (Å²) in [6, 6.07) is 18.5. The van der Waals surface area contributed by atoms with Crippen LogP contribution in [0.2, 0.25) is 0 Å². The summed E-state index contributed by atoms with van der Waals surface area (Å²) in [5.41, 5.74) is 15.1. The Kier molecular flexibility index (Phi) is 4.26. The number of hydrogen-bond donors (Lipinski definition) is 0. The molecule has 2 aromatic rings. The third-order valence-electron chi connectivity index (χ3n) is 25.3. The van der Waals surface area contributed by atoms with E-state index < -0.39 is 0 Å². The molecule has 0 saturated heterocycles. The van der Waals surface area contributed by atoms with E-state index in [1.165, 1.54) is 22.3 Å². The number of benzene rings is 2. The van der Waals surface area contributed by atoms with Gasteiger partial charge in [0.2, 0.25) is 6.19 Å². The fraction of sp³-hybridized carbons (Fsp3) is 0.607. The van der Waals surface area contributed by atoms with Crippen molar-refractivity contribution in [2.45, 2.75) is 31.6 Å². The number of allylic oxidation sites excluding steroid dienone is 8. The van der Waals surface area contributed by atoms with Gasteiger partial charge in [-0.25, -0.2) is 0 Å². The lowest BCUT2D eigenvalue weighted by atomic mass is 9.44. The topological polar surface area (TPSA) is 36.1 Å². The summed E-state index contributed by atoms with van der Waals surface area (Å²) in [5.74, 6) is 27.9. The minimum atomic E-state index is 0.409. The lowest BCUT2D eigenvalue weighted by molar-refractivity contribution is -0.127. The van der Waals surface area contributed by atoms with Crippen molar-refractivity contribution in [2.75, 3.05) is 0 Å². The largest absolute Gasteiger partial charge is 0.206 e. The molecule has 29 unspecified atom stereocenters. The first-order valence-corrected chi connectivity index (χ1v) is 24.8. The molecule has 0 radical (unpaired) electrons. The van der Waals surface area contributed by atoms with Gasteiger partial charge in [0.25, 0.3) is 0 Å². The van der Waals surface area contributed by atoms with Crippen LogP contribution < -0.4 is 0 Å². The van der Waals surface area contributed by atoms with E-state index in [-0.39, 0.29) is 0 Å². The Hall–Kier alpha value is -3.44. The van der Waals surface area contributed by atoms with Gasteiger partial charge in [0.05, 0.1) is 5.71 Å². The van der Waals surface area contributed by atoms with Crippen LogP contribution in [-0.2, 0) is 0 Å². The van der Waals surface area contributed by atoms with Crippen molar-refractivity contribution in [3.63, 3.8) is 0 Å². The molecule has 0 spiro atoms. The lowest BCUT2D eigenvalue weighted by Crippen LogP contribution is -2.57. The summed E-state index contributed by atoms with van der Waals surface area (Å²) in [6.07, 6.45) is 20.3. The van der Waals surface area contributed by atoms with Crippen LogP contribution in [-0.4, -0.2) is 5.71 Å². The molecule has 0 aromatic heterocycles. The highest BCUT2D eigenvalue weighted by Crippen LogP contribution is 2.92. The zero-order chi connectivity index (χ0) is 36.2. The maximum absolute atomic E-state index is 10.0. The number of aliphatic imine (C=N–C) groups is 1. The molecule has 0 aliphatic heterocycles. The van der Waals surface area contributed by atoms with Crippen molar-refractivity contribution < 1.29 is 0 Å². The van der Waals surface area contributed by atoms with Crippen LogP contribution in [0.5, 0.6) is 0 Å². The van der Waals surface area contributed by atoms with Gasteiger partial charge in [-0.2, -0.15) is 10.3 Å². The molecule has 11 saturated carbocycles. The predicted octanol–water partition coefficient (Wildman–Crippen LogP) is 9.82. The van der Waals surface area contributed by atoms with Crippen molar-refractivity contribution in [2.24, 2.45) is 177 Å². The highest BCUT2D eigenvalue weighted by molar-refractivity contribution is 6.16. The van der Waals surface area contributed by atoms with Crippen molar-refractivity contribution in [3.05, 3.63) is 117 Å². The summed E-state index contributed by atoms with van der Waals surface area (Å²) in [7, 11) is 0. The Morgan fingerprint density at radius 3 is 1.72 bits per heavy atom. The third kappa shape index (κ3) is 2.43. The Morgan fingerprint density at radius 2 is 0.931 bits per heavy atom. The summed E-state index contributed by atoms with van der Waals surface area (Å²) in [6.45, 7) is 0. The molecule has 2 nitrogen and oxygen atoms in total. The molecule has 11 fully saturated rings. The van der Waals surface area contributed by atoms with Crippen molar-refractivity contribution >= 4 is 5.71 Å². The van der Waals surface area contributed by atoms with E-state index >= 15 is 0 Å². The van der Waals surface area contributed by atoms with Crippen molar-refractivity contribution in [1.82, 2.24) is 0 Å². The predicted molar refractivity (Wildman–Crippen MR) is 218 cm³/mol. The number of fused-ring (bicyclic) bond motifs is 10. The molecule has 0 heterocycles. The third-order valence-corrected chi connectivity index (χ3v) is 25.3. The van der Waals surface area contributed by atoms with E-state index in [0.29, 0.717) is 17.8 Å². The zero-order valence-corrected chi connectivity index (χ0v) is 33.0. The Bertz CT molecular complexity index is 2650. The van der Waals surface area contributed by atoms with Crippen LogP contribution in [0.4, 0.5) is 0 Å². The quantitative estimate of drug-likeness (QED) is 0.211. The van der Waals surface area contributed by atoms with E-state index in [2.05, 4.69) is 106 Å². The van der Waals surface area contributed by atoms with Crippen LogP contribution in [0.1, 0.15) is 53.9 Å². The SMILES string of the molecule is N#CN=C1c2ccccc2C(C2C3C4=C5C6C7C8=C9C%10C(C=CC4C%106)C4C=CC6C%10CCC%11C%12CCC%13C(C5C5C%13C%12C%12C%11C%10C(C8C%12C75)C6C94)C32)c2ccccc21. The van der Waals surface area contributed by atoms with E-state index in [1.54, 1.807) is 25.7 Å². The average molecular weight is 751 g/mol. The van der Waals surface area contributed by atoms with Gasteiger partial charge in [0.1, 0.15) is 0 Å². The Balaban J connectivity index is 0.881. The molecule has 18 aliphatic rings. The average Bonchev–Trinajstić information content (AvgIpc) is 3.79. The molecule has 29 atom stereocenters. The zero-order valence-electron chi connectivity index (χ0n) is 33.0. The first kappa shape index (κ1) is 28.9. The minimum Gasteiger partial charge on any atom is -0.172 e. The minimum absolute atomic E-state index is 0.409. The smallest absolute Gasteiger partial charge is 0.172 e. The maximum Gasteiger partial charge on any atom is 0.206 e. The number of nitriles is 1. The van der Waals surface area contributed by atoms with Crippen LogP contribution in [0, 0.1) is 183 Å². The van der Waals surface area contributed by atoms with Gasteiger partial charge in [0, 0.05) is 23.0 Å². The van der Waals surface area contributed by atoms with E-state index in [9.17, 15) is 5.26 Å². The van der Waals surface area contributed by atoms with Gasteiger partial charge in [-0.05, 0) is 203 Å². The molecule has 18 aliphatic carbocycles. The first-order valence-electron chi connectivity index (χ1n) is 24.8. The number of rotatable bonds is 1. The molecule has 284 valence electrons. The summed E-state index contributed by atoms with van der Waals surface area (Å²) in [4.78, 5) is 4.58. The van der Waals surface area contributed by atoms with Crippen molar-refractivity contribution in [1.29, 1.82) is 5.26 Å². The normalized spacial score (nSPS) is 64.3. The molecule has 0 N–H and O–H groups in total. The van der Waals surface area contributed by atoms with Crippen LogP contribution in [0.3, 0.4) is 0 Å². The van der Waals surface area contributed by atoms with Gasteiger partial charge < -0.3 is 0 Å². The van der Waals surface area contributed by atoms with Gasteiger partial charge in [-0.1, -0.05) is 95.1 Å². The van der Waals surface area contributed by atoms with Gasteiger partial charge >= 0.3 is 0 Å². The van der Waals surface area contributed by atoms with E-state index in [0.717, 1.165) is 165 Å². The molecule has 58 heavy (non-hydrogen) atoms. The van der Waals surface area contributed by atoms with Gasteiger partial charge in [-0.3, -0.25) is 0 Å². The van der Waals surface area contributed by atoms with Gasteiger partial charge in [0.15, 0.2) is 0 Å². The fourth-order valence-corrected chi connectivity index (χ4v) is 26.1. The Morgan fingerprint density at radius 1 is 0.414 bits per heavy atom. The summed E-state index contributed by atoms with van der Waals surface area (Å²) >= 11 is 0. The van der Waals surface area contributed by atoms with Gasteiger partial charge in [-0.15, -0.1) is 0 Å². The molecule has 0 amide bonds. The second-order valence-corrected chi connectivity index (χ2v) is 24.6. The highest BCUT2D eigenvalue weighted by Gasteiger charge is 2.87. The van der Waals surface area contributed by atoms with E-state index in [1.807, 2.05) is 0 Å². The molecular weight excluding hydrogens is 701 g/mol. The molecule has 0 bridgehead atoms. The fourth-order valence-electron chi connectivity index (χ4n) is 26.1. The molecule has 2 heteroatoms. The van der Waals surface area contributed by atoms with E-state index in [4.69, 9.17) is 0 Å². The second-order valence-electron chi connectivity index (χ2n) is 24.6. The van der Waals surface area contributed by atoms with Crippen molar-refractivity contribution in [3.8, 4) is 6.19 Å².